The summed E-state index contributed by atoms with van der Waals surface area (Å²) in [6, 6.07) is 0. The van der Waals surface area contributed by atoms with Gasteiger partial charge in [0.1, 0.15) is 18.8 Å². The molecule has 1 fully saturated rings. The minimum atomic E-state index is -0.0576. The first-order valence-electron chi connectivity index (χ1n) is 6.96. The number of hydrogen-bond donors (Lipinski definition) is 2. The van der Waals surface area contributed by atoms with Crippen LogP contribution in [-0.4, -0.2) is 40.3 Å². The molecule has 1 aromatic rings. The van der Waals surface area contributed by atoms with Gasteiger partial charge in [-0.15, -0.1) is 0 Å². The molecule has 19 heavy (non-hydrogen) atoms. The molecule has 1 aliphatic carbocycles. The predicted octanol–water partition coefficient (Wildman–Crippen LogP) is 1.06. The van der Waals surface area contributed by atoms with Crippen molar-refractivity contribution in [1.29, 1.82) is 0 Å². The summed E-state index contributed by atoms with van der Waals surface area (Å²) in [4.78, 5) is 15.6. The lowest BCUT2D eigenvalue weighted by Crippen LogP contribution is -2.32. The van der Waals surface area contributed by atoms with Gasteiger partial charge < -0.3 is 10.1 Å². The fourth-order valence-corrected chi connectivity index (χ4v) is 2.45. The molecule has 0 unspecified atom stereocenters. The molecule has 0 radical (unpaired) electrons. The second-order valence-corrected chi connectivity index (χ2v) is 5.24. The van der Waals surface area contributed by atoms with Crippen molar-refractivity contribution in [3.05, 3.63) is 12.2 Å². The van der Waals surface area contributed by atoms with Crippen LogP contribution in [0.25, 0.3) is 0 Å². The minimum absolute atomic E-state index is 0.0576. The fraction of sp³-hybridized carbons (Fsp3) is 0.769. The van der Waals surface area contributed by atoms with E-state index in [1.165, 1.54) is 19.2 Å². The van der Waals surface area contributed by atoms with Crippen molar-refractivity contribution in [2.75, 3.05) is 13.2 Å². The molecular formula is C13H22N4O2. The molecule has 0 spiro atoms. The van der Waals surface area contributed by atoms with Crippen LogP contribution < -0.4 is 5.32 Å². The van der Waals surface area contributed by atoms with Crippen molar-refractivity contribution in [3.63, 3.8) is 0 Å². The molecule has 1 aromatic heterocycles. The highest BCUT2D eigenvalue weighted by molar-refractivity contribution is 5.77. The average Bonchev–Trinajstić information content (AvgIpc) is 2.90. The summed E-state index contributed by atoms with van der Waals surface area (Å²) in [5.74, 6) is 1.44. The molecule has 1 amide bonds. The van der Waals surface area contributed by atoms with Crippen LogP contribution in [-0.2, 0) is 16.0 Å². The van der Waals surface area contributed by atoms with E-state index in [2.05, 4.69) is 27.4 Å². The number of carbonyl (C=O) groups is 1. The van der Waals surface area contributed by atoms with Crippen molar-refractivity contribution in [1.82, 2.24) is 20.5 Å². The second-order valence-electron chi connectivity index (χ2n) is 5.24. The predicted molar refractivity (Wildman–Crippen MR) is 70.5 cm³/mol. The Morgan fingerprint density at radius 3 is 3.21 bits per heavy atom. The Bertz CT molecular complexity index is 380. The Hall–Kier alpha value is -1.43. The Morgan fingerprint density at radius 2 is 2.47 bits per heavy atom. The molecule has 1 aliphatic rings. The zero-order valence-electron chi connectivity index (χ0n) is 11.4. The molecule has 6 nitrogen and oxygen atoms in total. The minimum Gasteiger partial charge on any atom is -0.368 e. The average molecular weight is 266 g/mol. The number of hydrogen-bond acceptors (Lipinski definition) is 4. The molecule has 6 heteroatoms. The first kappa shape index (κ1) is 14.0. The maximum Gasteiger partial charge on any atom is 0.246 e. The van der Waals surface area contributed by atoms with Crippen LogP contribution >= 0.6 is 0 Å². The molecule has 1 saturated carbocycles. The highest BCUT2D eigenvalue weighted by Gasteiger charge is 2.19. The van der Waals surface area contributed by atoms with Gasteiger partial charge >= 0.3 is 0 Å². The van der Waals surface area contributed by atoms with Gasteiger partial charge in [0.25, 0.3) is 0 Å². The van der Waals surface area contributed by atoms with Gasteiger partial charge in [-0.25, -0.2) is 4.98 Å². The van der Waals surface area contributed by atoms with Crippen LogP contribution in [0, 0.1) is 5.92 Å². The van der Waals surface area contributed by atoms with Gasteiger partial charge in [-0.1, -0.05) is 19.8 Å². The van der Waals surface area contributed by atoms with E-state index in [4.69, 9.17) is 4.74 Å². The third kappa shape index (κ3) is 4.98. The number of H-pyrrole nitrogens is 1. The lowest BCUT2D eigenvalue weighted by atomic mass is 9.89. The SMILES string of the molecule is C[C@@H]1CCC[C@@H](OCC(=O)NCCc2ncn[nH]2)C1. The standard InChI is InChI=1S/C13H22N4O2/c1-10-3-2-4-11(7-10)19-8-13(18)14-6-5-12-15-9-16-17-12/h9-11H,2-8H2,1H3,(H,14,18)(H,15,16,17)/t10-,11-/m1/s1. The largest absolute Gasteiger partial charge is 0.368 e. The molecule has 106 valence electrons. The number of ether oxygens (including phenoxy) is 1. The van der Waals surface area contributed by atoms with Gasteiger partial charge in [0.15, 0.2) is 0 Å². The maximum absolute atomic E-state index is 11.6. The van der Waals surface area contributed by atoms with Gasteiger partial charge in [0.2, 0.25) is 5.91 Å². The maximum atomic E-state index is 11.6. The molecular weight excluding hydrogens is 244 g/mol. The first-order chi connectivity index (χ1) is 9.24. The van der Waals surface area contributed by atoms with E-state index in [9.17, 15) is 4.79 Å². The van der Waals surface area contributed by atoms with Crippen LogP contribution in [0.3, 0.4) is 0 Å². The van der Waals surface area contributed by atoms with Crippen molar-refractivity contribution in [2.45, 2.75) is 45.1 Å². The van der Waals surface area contributed by atoms with Crippen LogP contribution in [0.2, 0.25) is 0 Å². The quantitative estimate of drug-likeness (QED) is 0.807. The molecule has 2 rings (SSSR count). The van der Waals surface area contributed by atoms with Crippen LogP contribution in [0.5, 0.6) is 0 Å². The third-order valence-corrected chi connectivity index (χ3v) is 3.49. The van der Waals surface area contributed by atoms with E-state index in [-0.39, 0.29) is 18.6 Å². The lowest BCUT2D eigenvalue weighted by Gasteiger charge is -2.26. The summed E-state index contributed by atoms with van der Waals surface area (Å²) < 4.78 is 5.66. The first-order valence-corrected chi connectivity index (χ1v) is 6.96. The van der Waals surface area contributed by atoms with Gasteiger partial charge in [-0.3, -0.25) is 9.89 Å². The summed E-state index contributed by atoms with van der Waals surface area (Å²) in [5, 5.41) is 9.33. The monoisotopic (exact) mass is 266 g/mol. The topological polar surface area (TPSA) is 79.9 Å². The molecule has 0 aromatic carbocycles. The van der Waals surface area contributed by atoms with Crippen molar-refractivity contribution in [2.24, 2.45) is 5.92 Å². The Morgan fingerprint density at radius 1 is 1.58 bits per heavy atom. The Balaban J connectivity index is 1.56. The van der Waals surface area contributed by atoms with Gasteiger partial charge in [0, 0.05) is 13.0 Å². The number of aromatic amines is 1. The number of amides is 1. The van der Waals surface area contributed by atoms with Crippen LogP contribution in [0.1, 0.15) is 38.4 Å². The van der Waals surface area contributed by atoms with Gasteiger partial charge in [-0.05, 0) is 18.8 Å². The summed E-state index contributed by atoms with van der Waals surface area (Å²) in [6.45, 7) is 2.96. The van der Waals surface area contributed by atoms with Crippen molar-refractivity contribution < 1.29 is 9.53 Å². The number of carbonyl (C=O) groups excluding carboxylic acids is 1. The fourth-order valence-electron chi connectivity index (χ4n) is 2.45. The lowest BCUT2D eigenvalue weighted by molar-refractivity contribution is -0.128. The van der Waals surface area contributed by atoms with E-state index in [1.54, 1.807) is 0 Å². The smallest absolute Gasteiger partial charge is 0.246 e. The summed E-state index contributed by atoms with van der Waals surface area (Å²) >= 11 is 0. The number of nitrogens with zero attached hydrogens (tertiary/aromatic N) is 2. The summed E-state index contributed by atoms with van der Waals surface area (Å²) in [5.41, 5.74) is 0. The van der Waals surface area contributed by atoms with E-state index >= 15 is 0 Å². The zero-order valence-corrected chi connectivity index (χ0v) is 11.4. The molecule has 2 N–H and O–H groups in total. The van der Waals surface area contributed by atoms with Crippen molar-refractivity contribution in [3.8, 4) is 0 Å². The second kappa shape index (κ2) is 7.23. The third-order valence-electron chi connectivity index (χ3n) is 3.49. The van der Waals surface area contributed by atoms with Crippen LogP contribution in [0.4, 0.5) is 0 Å². The van der Waals surface area contributed by atoms with E-state index in [0.29, 0.717) is 18.9 Å². The summed E-state index contributed by atoms with van der Waals surface area (Å²) in [6.07, 6.45) is 7.02. The van der Waals surface area contributed by atoms with Crippen molar-refractivity contribution >= 4 is 5.91 Å². The number of aromatic nitrogens is 3. The highest BCUT2D eigenvalue weighted by Crippen LogP contribution is 2.25. The Kier molecular flexibility index (Phi) is 5.32. The molecule has 0 saturated heterocycles. The zero-order chi connectivity index (χ0) is 13.5. The van der Waals surface area contributed by atoms with E-state index < -0.39 is 0 Å². The number of nitrogens with one attached hydrogen (secondary N) is 2. The summed E-state index contributed by atoms with van der Waals surface area (Å²) in [7, 11) is 0. The van der Waals surface area contributed by atoms with Gasteiger partial charge in [-0.2, -0.15) is 5.10 Å². The van der Waals surface area contributed by atoms with Gasteiger partial charge in [0.05, 0.1) is 6.10 Å². The van der Waals surface area contributed by atoms with E-state index in [1.807, 2.05) is 0 Å². The normalized spacial score (nSPS) is 23.2. The Labute approximate surface area is 113 Å². The van der Waals surface area contributed by atoms with Crippen LogP contribution in [0.15, 0.2) is 6.33 Å². The highest BCUT2D eigenvalue weighted by atomic mass is 16.5. The number of rotatable bonds is 6. The molecule has 2 atom stereocenters. The molecule has 1 heterocycles. The molecule has 0 aliphatic heterocycles. The van der Waals surface area contributed by atoms with E-state index in [0.717, 1.165) is 18.7 Å². The molecule has 0 bridgehead atoms.